The van der Waals surface area contributed by atoms with Crippen LogP contribution in [0.25, 0.3) is 0 Å². The Balaban J connectivity index is 1.75. The first-order valence-electron chi connectivity index (χ1n) is 7.00. The molecule has 1 aromatic heterocycles. The molecule has 1 unspecified atom stereocenters. The molecule has 0 radical (unpaired) electrons. The summed E-state index contributed by atoms with van der Waals surface area (Å²) in [5.74, 6) is -1.51. The summed E-state index contributed by atoms with van der Waals surface area (Å²) in [6.45, 7) is 0.298. The van der Waals surface area contributed by atoms with E-state index < -0.39 is 26.6 Å². The minimum atomic E-state index is -4.02. The van der Waals surface area contributed by atoms with Gasteiger partial charge in [-0.1, -0.05) is 6.07 Å². The van der Waals surface area contributed by atoms with E-state index in [2.05, 4.69) is 4.98 Å². The molecule has 1 fully saturated rings. The van der Waals surface area contributed by atoms with Crippen molar-refractivity contribution < 1.29 is 21.9 Å². The highest BCUT2D eigenvalue weighted by Crippen LogP contribution is 2.25. The van der Waals surface area contributed by atoms with E-state index in [4.69, 9.17) is 4.74 Å². The average molecular weight is 340 g/mol. The van der Waals surface area contributed by atoms with Crippen molar-refractivity contribution in [3.05, 3.63) is 54.2 Å². The number of hydrogen-bond donors (Lipinski definition) is 0. The van der Waals surface area contributed by atoms with E-state index in [0.29, 0.717) is 18.4 Å². The van der Waals surface area contributed by atoms with Crippen LogP contribution in [0.3, 0.4) is 0 Å². The van der Waals surface area contributed by atoms with E-state index in [0.717, 1.165) is 16.4 Å². The number of halogens is 2. The maximum absolute atomic E-state index is 13.8. The van der Waals surface area contributed by atoms with Crippen molar-refractivity contribution in [3.63, 3.8) is 0 Å². The summed E-state index contributed by atoms with van der Waals surface area (Å²) in [4.78, 5) is 3.49. The number of hydrogen-bond acceptors (Lipinski definition) is 4. The van der Waals surface area contributed by atoms with E-state index in [-0.39, 0.29) is 19.2 Å². The van der Waals surface area contributed by atoms with E-state index in [9.17, 15) is 17.2 Å². The van der Waals surface area contributed by atoms with Crippen LogP contribution in [0, 0.1) is 11.6 Å². The number of ether oxygens (including phenoxy) is 1. The molecule has 122 valence electrons. The summed E-state index contributed by atoms with van der Waals surface area (Å²) in [6.07, 6.45) is 1.69. The number of sulfonamides is 1. The van der Waals surface area contributed by atoms with Crippen LogP contribution in [-0.4, -0.2) is 36.9 Å². The quantitative estimate of drug-likeness (QED) is 0.856. The summed E-state index contributed by atoms with van der Waals surface area (Å²) in [6, 6.07) is 7.61. The van der Waals surface area contributed by atoms with Crippen molar-refractivity contribution in [3.8, 4) is 5.88 Å². The molecule has 8 heteroatoms. The number of pyridine rings is 1. The van der Waals surface area contributed by atoms with Crippen LogP contribution >= 0.6 is 0 Å². The molecule has 0 bridgehead atoms. The van der Waals surface area contributed by atoms with Crippen molar-refractivity contribution in [2.75, 3.05) is 13.1 Å². The van der Waals surface area contributed by atoms with Crippen molar-refractivity contribution >= 4 is 10.0 Å². The highest BCUT2D eigenvalue weighted by Gasteiger charge is 2.35. The van der Waals surface area contributed by atoms with E-state index in [1.807, 2.05) is 0 Å². The van der Waals surface area contributed by atoms with Crippen LogP contribution in [-0.2, 0) is 10.0 Å². The molecule has 0 spiro atoms. The van der Waals surface area contributed by atoms with Crippen molar-refractivity contribution in [1.29, 1.82) is 0 Å². The molecule has 1 aliphatic heterocycles. The van der Waals surface area contributed by atoms with Gasteiger partial charge in [0.25, 0.3) is 0 Å². The van der Waals surface area contributed by atoms with Crippen molar-refractivity contribution in [2.24, 2.45) is 0 Å². The predicted octanol–water partition coefficient (Wildman–Crippen LogP) is 2.20. The zero-order valence-corrected chi connectivity index (χ0v) is 12.8. The normalized spacial score (nSPS) is 19.0. The van der Waals surface area contributed by atoms with Crippen LogP contribution in [0.15, 0.2) is 47.5 Å². The second kappa shape index (κ2) is 6.21. The Hall–Kier alpha value is -2.06. The smallest absolute Gasteiger partial charge is 0.246 e. The lowest BCUT2D eigenvalue weighted by molar-refractivity contribution is 0.207. The summed E-state index contributed by atoms with van der Waals surface area (Å²) in [5.41, 5.74) is 0. The SMILES string of the molecule is O=S(=O)(c1ccc(F)cc1F)N1CCC(Oc2ccccn2)C1. The minimum absolute atomic E-state index is 0.0930. The van der Waals surface area contributed by atoms with Gasteiger partial charge in [0.1, 0.15) is 22.6 Å². The Kier molecular flexibility index (Phi) is 4.27. The third-order valence-electron chi connectivity index (χ3n) is 3.54. The number of rotatable bonds is 4. The van der Waals surface area contributed by atoms with Crippen molar-refractivity contribution in [2.45, 2.75) is 17.4 Å². The molecule has 2 heterocycles. The molecule has 1 aromatic carbocycles. The van der Waals surface area contributed by atoms with Crippen molar-refractivity contribution in [1.82, 2.24) is 9.29 Å². The van der Waals surface area contributed by atoms with Gasteiger partial charge in [-0.15, -0.1) is 0 Å². The molecule has 2 aromatic rings. The monoisotopic (exact) mass is 340 g/mol. The van der Waals surface area contributed by atoms with Gasteiger partial charge in [0.2, 0.25) is 15.9 Å². The molecule has 0 saturated carbocycles. The molecule has 0 amide bonds. The summed E-state index contributed by atoms with van der Waals surface area (Å²) >= 11 is 0. The summed E-state index contributed by atoms with van der Waals surface area (Å²) < 4.78 is 58.4. The van der Waals surface area contributed by atoms with Gasteiger partial charge < -0.3 is 4.74 Å². The lowest BCUT2D eigenvalue weighted by Gasteiger charge is -2.17. The Labute approximate surface area is 132 Å². The standard InChI is InChI=1S/C15H14F2N2O3S/c16-11-4-5-14(13(17)9-11)23(20,21)19-8-6-12(10-19)22-15-3-1-2-7-18-15/h1-5,7,9,12H,6,8,10H2. The minimum Gasteiger partial charge on any atom is -0.473 e. The first-order valence-corrected chi connectivity index (χ1v) is 8.44. The van der Waals surface area contributed by atoms with Crippen LogP contribution in [0.1, 0.15) is 6.42 Å². The summed E-state index contributed by atoms with van der Waals surface area (Å²) in [5, 5.41) is 0. The largest absolute Gasteiger partial charge is 0.473 e. The van der Waals surface area contributed by atoms with Crippen LogP contribution < -0.4 is 4.74 Å². The molecule has 1 atom stereocenters. The highest BCUT2D eigenvalue weighted by atomic mass is 32.2. The first kappa shape index (κ1) is 15.8. The Bertz CT molecular complexity index is 800. The molecule has 3 rings (SSSR count). The molecular formula is C15H14F2N2O3S. The van der Waals surface area contributed by atoms with Gasteiger partial charge in [-0.2, -0.15) is 4.31 Å². The van der Waals surface area contributed by atoms with Gasteiger partial charge in [0.15, 0.2) is 0 Å². The number of nitrogens with zero attached hydrogens (tertiary/aromatic N) is 2. The lowest BCUT2D eigenvalue weighted by Crippen LogP contribution is -2.31. The third kappa shape index (κ3) is 3.32. The van der Waals surface area contributed by atoms with Gasteiger partial charge in [0.05, 0.1) is 6.54 Å². The van der Waals surface area contributed by atoms with E-state index >= 15 is 0 Å². The predicted molar refractivity (Wildman–Crippen MR) is 78.4 cm³/mol. The maximum Gasteiger partial charge on any atom is 0.246 e. The average Bonchev–Trinajstić information content (AvgIpc) is 2.97. The Morgan fingerprint density at radius 3 is 2.74 bits per heavy atom. The van der Waals surface area contributed by atoms with Crippen LogP contribution in [0.4, 0.5) is 8.78 Å². The first-order chi connectivity index (χ1) is 11.0. The molecule has 1 aliphatic rings. The Morgan fingerprint density at radius 1 is 1.22 bits per heavy atom. The zero-order chi connectivity index (χ0) is 16.4. The second-order valence-electron chi connectivity index (χ2n) is 5.13. The molecule has 0 N–H and O–H groups in total. The fourth-order valence-corrected chi connectivity index (χ4v) is 3.96. The molecule has 0 aliphatic carbocycles. The fourth-order valence-electron chi connectivity index (χ4n) is 2.42. The summed E-state index contributed by atoms with van der Waals surface area (Å²) in [7, 11) is -4.02. The van der Waals surface area contributed by atoms with Gasteiger partial charge >= 0.3 is 0 Å². The molecule has 5 nitrogen and oxygen atoms in total. The highest BCUT2D eigenvalue weighted by molar-refractivity contribution is 7.89. The topological polar surface area (TPSA) is 59.5 Å². The number of aromatic nitrogens is 1. The van der Waals surface area contributed by atoms with Crippen LogP contribution in [0.5, 0.6) is 5.88 Å². The molecule has 23 heavy (non-hydrogen) atoms. The maximum atomic E-state index is 13.8. The molecule has 1 saturated heterocycles. The third-order valence-corrected chi connectivity index (χ3v) is 5.44. The fraction of sp³-hybridized carbons (Fsp3) is 0.267. The zero-order valence-electron chi connectivity index (χ0n) is 12.0. The van der Waals surface area contributed by atoms with E-state index in [1.165, 1.54) is 0 Å². The van der Waals surface area contributed by atoms with Gasteiger partial charge in [-0.3, -0.25) is 0 Å². The van der Waals surface area contributed by atoms with E-state index in [1.54, 1.807) is 24.4 Å². The number of benzene rings is 1. The van der Waals surface area contributed by atoms with Gasteiger partial charge in [-0.05, 0) is 24.6 Å². The van der Waals surface area contributed by atoms with Gasteiger partial charge in [-0.25, -0.2) is 22.2 Å². The Morgan fingerprint density at radius 2 is 2.04 bits per heavy atom. The van der Waals surface area contributed by atoms with Crippen LogP contribution in [0.2, 0.25) is 0 Å². The second-order valence-corrected chi connectivity index (χ2v) is 7.04. The molecular weight excluding hydrogens is 326 g/mol. The van der Waals surface area contributed by atoms with Gasteiger partial charge in [0, 0.05) is 24.9 Å². The lowest BCUT2D eigenvalue weighted by atomic mass is 10.3.